The monoisotopic (exact) mass is 311 g/mol. The second kappa shape index (κ2) is 6.08. The Morgan fingerprint density at radius 3 is 2.73 bits per heavy atom. The van der Waals surface area contributed by atoms with Crippen molar-refractivity contribution in [1.29, 1.82) is 0 Å². The molecule has 0 amide bonds. The maximum Gasteiger partial charge on any atom is 0.416 e. The van der Waals surface area contributed by atoms with E-state index in [2.05, 4.69) is 15.5 Å². The first-order valence-corrected chi connectivity index (χ1v) is 7.22. The van der Waals surface area contributed by atoms with Crippen molar-refractivity contribution >= 4 is 0 Å². The first-order valence-electron chi connectivity index (χ1n) is 7.22. The fourth-order valence-electron chi connectivity index (χ4n) is 2.61. The number of rotatable bonds is 3. The lowest BCUT2D eigenvalue weighted by atomic mass is 9.98. The summed E-state index contributed by atoms with van der Waals surface area (Å²) in [6.45, 7) is 1.83. The van der Waals surface area contributed by atoms with Crippen molar-refractivity contribution in [3.05, 3.63) is 47.1 Å². The van der Waals surface area contributed by atoms with Gasteiger partial charge in [-0.25, -0.2) is 0 Å². The minimum atomic E-state index is -4.34. The molecule has 1 aliphatic rings. The largest absolute Gasteiger partial charge is 0.416 e. The Morgan fingerprint density at radius 1 is 1.23 bits per heavy atom. The number of alkyl halides is 3. The lowest BCUT2D eigenvalue weighted by molar-refractivity contribution is -0.137. The number of nitrogens with one attached hydrogen (secondary N) is 1. The van der Waals surface area contributed by atoms with Crippen molar-refractivity contribution in [2.75, 3.05) is 13.1 Å². The summed E-state index contributed by atoms with van der Waals surface area (Å²) in [5.41, 5.74) is -0.139. The van der Waals surface area contributed by atoms with Gasteiger partial charge in [0.2, 0.25) is 5.89 Å². The van der Waals surface area contributed by atoms with E-state index in [0.717, 1.165) is 38.1 Å². The molecule has 1 fully saturated rings. The summed E-state index contributed by atoms with van der Waals surface area (Å²) in [7, 11) is 0. The van der Waals surface area contributed by atoms with E-state index in [1.165, 1.54) is 6.07 Å². The summed E-state index contributed by atoms with van der Waals surface area (Å²) >= 11 is 0. The van der Waals surface area contributed by atoms with Crippen LogP contribution in [0.5, 0.6) is 0 Å². The number of hydrogen-bond acceptors (Lipinski definition) is 4. The predicted molar refractivity (Wildman–Crippen MR) is 73.4 cm³/mol. The number of hydrogen-bond donors (Lipinski definition) is 1. The summed E-state index contributed by atoms with van der Waals surface area (Å²) in [5.74, 6) is 1.25. The molecule has 1 N–H and O–H groups in total. The third kappa shape index (κ3) is 3.47. The Labute approximate surface area is 125 Å². The Bertz CT molecular complexity index is 633. The number of benzene rings is 1. The van der Waals surface area contributed by atoms with E-state index in [9.17, 15) is 13.2 Å². The molecule has 0 radical (unpaired) electrons. The van der Waals surface area contributed by atoms with Gasteiger partial charge >= 0.3 is 6.18 Å². The van der Waals surface area contributed by atoms with E-state index < -0.39 is 11.7 Å². The zero-order chi connectivity index (χ0) is 15.6. The SMILES string of the molecule is FC(F)(F)c1cccc(Cc2noc(C3CCNCC3)n2)c1. The second-order valence-corrected chi connectivity index (χ2v) is 5.45. The molecule has 0 aliphatic carbocycles. The summed E-state index contributed by atoms with van der Waals surface area (Å²) in [5, 5.41) is 7.15. The minimum absolute atomic E-state index is 0.235. The van der Waals surface area contributed by atoms with E-state index in [1.54, 1.807) is 6.07 Å². The molecule has 22 heavy (non-hydrogen) atoms. The van der Waals surface area contributed by atoms with Crippen molar-refractivity contribution in [2.45, 2.75) is 31.4 Å². The van der Waals surface area contributed by atoms with E-state index in [-0.39, 0.29) is 12.3 Å². The van der Waals surface area contributed by atoms with E-state index in [0.29, 0.717) is 17.3 Å². The fourth-order valence-corrected chi connectivity index (χ4v) is 2.61. The maximum absolute atomic E-state index is 12.7. The standard InChI is InChI=1S/C15H16F3N3O/c16-15(17,18)12-3-1-2-10(8-12)9-13-20-14(22-21-13)11-4-6-19-7-5-11/h1-3,8,11,19H,4-7,9H2. The molecule has 0 unspecified atom stereocenters. The van der Waals surface area contributed by atoms with Crippen LogP contribution in [0.4, 0.5) is 13.2 Å². The highest BCUT2D eigenvalue weighted by molar-refractivity contribution is 5.27. The lowest BCUT2D eigenvalue weighted by Crippen LogP contribution is -2.26. The molecular formula is C15H16F3N3O. The van der Waals surface area contributed by atoms with Crippen LogP contribution in [0, 0.1) is 0 Å². The van der Waals surface area contributed by atoms with E-state index in [4.69, 9.17) is 4.52 Å². The highest BCUT2D eigenvalue weighted by Gasteiger charge is 2.30. The number of halogens is 3. The summed E-state index contributed by atoms with van der Waals surface area (Å²) < 4.78 is 43.4. The van der Waals surface area contributed by atoms with Gasteiger partial charge in [0.15, 0.2) is 5.82 Å². The Morgan fingerprint density at radius 2 is 2.00 bits per heavy atom. The molecule has 1 aliphatic heterocycles. The molecule has 2 aromatic rings. The average Bonchev–Trinajstić information content (AvgIpc) is 2.96. The molecular weight excluding hydrogens is 295 g/mol. The van der Waals surface area contributed by atoms with Gasteiger partial charge < -0.3 is 9.84 Å². The number of aromatic nitrogens is 2. The molecule has 0 saturated carbocycles. The van der Waals surface area contributed by atoms with Crippen LogP contribution in [-0.2, 0) is 12.6 Å². The van der Waals surface area contributed by atoms with Gasteiger partial charge in [-0.2, -0.15) is 18.2 Å². The van der Waals surface area contributed by atoms with Gasteiger partial charge in [0.05, 0.1) is 5.56 Å². The van der Waals surface area contributed by atoms with Gasteiger partial charge in [0, 0.05) is 12.3 Å². The van der Waals surface area contributed by atoms with Crippen LogP contribution in [0.2, 0.25) is 0 Å². The van der Waals surface area contributed by atoms with Gasteiger partial charge in [-0.3, -0.25) is 0 Å². The quantitative estimate of drug-likeness (QED) is 0.946. The van der Waals surface area contributed by atoms with Gasteiger partial charge in [-0.1, -0.05) is 23.4 Å². The van der Waals surface area contributed by atoms with Crippen molar-refractivity contribution in [3.63, 3.8) is 0 Å². The second-order valence-electron chi connectivity index (χ2n) is 5.45. The summed E-state index contributed by atoms with van der Waals surface area (Å²) in [4.78, 5) is 4.33. The van der Waals surface area contributed by atoms with Crippen molar-refractivity contribution in [3.8, 4) is 0 Å². The molecule has 7 heteroatoms. The van der Waals surface area contributed by atoms with Crippen LogP contribution in [0.15, 0.2) is 28.8 Å². The predicted octanol–water partition coefficient (Wildman–Crippen LogP) is 3.15. The molecule has 2 heterocycles. The molecule has 0 atom stereocenters. The molecule has 3 rings (SSSR count). The van der Waals surface area contributed by atoms with Crippen LogP contribution in [-0.4, -0.2) is 23.2 Å². The Balaban J connectivity index is 1.72. The third-order valence-electron chi connectivity index (χ3n) is 3.79. The van der Waals surface area contributed by atoms with Crippen LogP contribution >= 0.6 is 0 Å². The Hall–Kier alpha value is -1.89. The van der Waals surface area contributed by atoms with E-state index >= 15 is 0 Å². The van der Waals surface area contributed by atoms with Crippen molar-refractivity contribution in [1.82, 2.24) is 15.5 Å². The molecule has 4 nitrogen and oxygen atoms in total. The van der Waals surface area contributed by atoms with Crippen LogP contribution in [0.3, 0.4) is 0 Å². The smallest absolute Gasteiger partial charge is 0.339 e. The first-order chi connectivity index (χ1) is 10.5. The average molecular weight is 311 g/mol. The summed E-state index contributed by atoms with van der Waals surface area (Å²) in [6, 6.07) is 5.21. The molecule has 1 aromatic heterocycles. The summed E-state index contributed by atoms with van der Waals surface area (Å²) in [6.07, 6.45) is -2.23. The van der Waals surface area contributed by atoms with Crippen molar-refractivity contribution < 1.29 is 17.7 Å². The number of piperidine rings is 1. The fraction of sp³-hybridized carbons (Fsp3) is 0.467. The third-order valence-corrected chi connectivity index (χ3v) is 3.79. The molecule has 1 saturated heterocycles. The van der Waals surface area contributed by atoms with Gasteiger partial charge in [0.1, 0.15) is 0 Å². The number of nitrogens with zero attached hydrogens (tertiary/aromatic N) is 2. The van der Waals surface area contributed by atoms with E-state index in [1.807, 2.05) is 0 Å². The molecule has 118 valence electrons. The highest BCUT2D eigenvalue weighted by Crippen LogP contribution is 2.30. The van der Waals surface area contributed by atoms with Crippen LogP contribution in [0.25, 0.3) is 0 Å². The van der Waals surface area contributed by atoms with Gasteiger partial charge in [-0.05, 0) is 37.6 Å². The first kappa shape index (κ1) is 15.0. The molecule has 1 aromatic carbocycles. The van der Waals surface area contributed by atoms with Crippen molar-refractivity contribution in [2.24, 2.45) is 0 Å². The topological polar surface area (TPSA) is 51.0 Å². The minimum Gasteiger partial charge on any atom is -0.339 e. The lowest BCUT2D eigenvalue weighted by Gasteiger charge is -2.18. The zero-order valence-electron chi connectivity index (χ0n) is 11.9. The normalized spacial score (nSPS) is 16.9. The molecule has 0 spiro atoms. The zero-order valence-corrected chi connectivity index (χ0v) is 11.9. The Kier molecular flexibility index (Phi) is 4.15. The molecule has 0 bridgehead atoms. The highest BCUT2D eigenvalue weighted by atomic mass is 19.4. The maximum atomic E-state index is 12.7. The van der Waals surface area contributed by atoms with Crippen LogP contribution < -0.4 is 5.32 Å². The van der Waals surface area contributed by atoms with Crippen LogP contribution in [0.1, 0.15) is 41.6 Å². The van der Waals surface area contributed by atoms with Gasteiger partial charge in [-0.15, -0.1) is 0 Å². The van der Waals surface area contributed by atoms with Gasteiger partial charge in [0.25, 0.3) is 0 Å².